The number of hydrogen-bond donors (Lipinski definition) is 0. The zero-order valence-electron chi connectivity index (χ0n) is 43.6. The van der Waals surface area contributed by atoms with Crippen molar-refractivity contribution in [2.75, 3.05) is 0 Å². The number of pyridine rings is 5. The van der Waals surface area contributed by atoms with Crippen molar-refractivity contribution in [1.29, 1.82) is 0 Å². The van der Waals surface area contributed by atoms with Crippen LogP contribution in [0, 0.1) is 0 Å². The van der Waals surface area contributed by atoms with Crippen LogP contribution in [0.5, 0.6) is 0 Å². The van der Waals surface area contributed by atoms with Crippen LogP contribution < -0.4 is 0 Å². The molecule has 10 heterocycles. The molecular weight excluding hydrogens is 1010 g/mol. The number of fused-ring (bicyclic) bond motifs is 12. The zero-order chi connectivity index (χ0) is 53.8. The van der Waals surface area contributed by atoms with Gasteiger partial charge in [0.15, 0.2) is 17.5 Å². The maximum Gasteiger partial charge on any atom is 0.168 e. The van der Waals surface area contributed by atoms with Gasteiger partial charge in [0.25, 0.3) is 0 Å². The molecule has 0 atom stereocenters. The summed E-state index contributed by atoms with van der Waals surface area (Å²) in [5.41, 5.74) is 14.4. The predicted octanol–water partition coefficient (Wildman–Crippen LogP) is 15.9. The quantitative estimate of drug-likeness (QED) is 0.147. The van der Waals surface area contributed by atoms with E-state index in [1.165, 1.54) is 0 Å². The molecule has 0 amide bonds. The Morgan fingerprint density at radius 2 is 0.561 bits per heavy atom. The minimum atomic E-state index is 0.426. The Hall–Kier alpha value is -11.5. The first-order valence-corrected chi connectivity index (χ1v) is 27.1. The Bertz CT molecular complexity index is 5140. The first-order valence-electron chi connectivity index (χ1n) is 27.1. The molecule has 17 aromatic rings. The van der Waals surface area contributed by atoms with Crippen LogP contribution in [0.25, 0.3) is 155 Å². The molecule has 0 saturated carbocycles. The summed E-state index contributed by atoms with van der Waals surface area (Å²) in [7, 11) is 0. The predicted molar refractivity (Wildman–Crippen MR) is 328 cm³/mol. The lowest BCUT2D eigenvalue weighted by Gasteiger charge is -2.30. The van der Waals surface area contributed by atoms with Gasteiger partial charge in [-0.05, 0) is 60.7 Å². The molecule has 10 aromatic heterocycles. The van der Waals surface area contributed by atoms with E-state index < -0.39 is 0 Å². The summed E-state index contributed by atoms with van der Waals surface area (Å²) in [6.45, 7) is 0. The van der Waals surface area contributed by atoms with Gasteiger partial charge in [-0.15, -0.1) is 0 Å². The van der Waals surface area contributed by atoms with E-state index >= 15 is 0 Å². The van der Waals surface area contributed by atoms with E-state index in [0.29, 0.717) is 28.7 Å². The molecule has 0 spiro atoms. The van der Waals surface area contributed by atoms with E-state index in [1.807, 2.05) is 98.2 Å². The zero-order valence-corrected chi connectivity index (χ0v) is 43.6. The lowest BCUT2D eigenvalue weighted by Crippen LogP contribution is -2.17. The number of rotatable bonds is 8. The molecule has 0 saturated heterocycles. The molecule has 0 aliphatic carbocycles. The van der Waals surface area contributed by atoms with Gasteiger partial charge in [0, 0.05) is 85.2 Å². The van der Waals surface area contributed by atoms with Gasteiger partial charge in [-0.3, -0.25) is 24.9 Å². The molecular formula is C70H42N12. The highest BCUT2D eigenvalue weighted by Gasteiger charge is 2.37. The number of hydrogen-bond acceptors (Lipinski definition) is 8. The average Bonchev–Trinajstić information content (AvgIpc) is 2.09. The van der Waals surface area contributed by atoms with E-state index in [2.05, 4.69) is 176 Å². The highest BCUT2D eigenvalue weighted by atomic mass is 15.2. The fraction of sp³-hybridized carbons (Fsp3) is 0. The smallest absolute Gasteiger partial charge is 0.168 e. The molecule has 82 heavy (non-hydrogen) atoms. The second kappa shape index (κ2) is 18.0. The van der Waals surface area contributed by atoms with Gasteiger partial charge >= 0.3 is 0 Å². The first-order chi connectivity index (χ1) is 40.8. The van der Waals surface area contributed by atoms with Gasteiger partial charge in [0.05, 0.1) is 108 Å². The van der Waals surface area contributed by atoms with E-state index in [4.69, 9.17) is 39.9 Å². The minimum absolute atomic E-state index is 0.426. The summed E-state index contributed by atoms with van der Waals surface area (Å²) >= 11 is 0. The number of nitrogens with zero attached hydrogens (tertiary/aromatic N) is 12. The summed E-state index contributed by atoms with van der Waals surface area (Å²) in [6, 6.07) is 69.5. The minimum Gasteiger partial charge on any atom is -0.306 e. The Kier molecular flexibility index (Phi) is 10.0. The van der Waals surface area contributed by atoms with Crippen LogP contribution >= 0.6 is 0 Å². The van der Waals surface area contributed by atoms with Crippen molar-refractivity contribution in [2.45, 2.75) is 0 Å². The van der Waals surface area contributed by atoms with E-state index in [1.54, 1.807) is 0 Å². The molecule has 0 unspecified atom stereocenters. The average molecular weight is 1050 g/mol. The molecule has 0 N–H and O–H groups in total. The maximum atomic E-state index is 5.80. The molecule has 0 bridgehead atoms. The standard InChI is InChI=1S/C70H42N12/c1-3-17-43(18-4-1)68-76-69(44-19-5-2-6-20-44)78-70(77-68)63-64(79-54-26-11-7-21-45(54)49-30-35-71-39-58(49)79)62(53-25-15-16-34-75-53)65(80-55-27-12-8-22-46(55)50-31-36-72-40-59(50)80)67(82-57-29-14-10-24-48(57)52-33-38-74-42-61(52)82)66(63)81-56-28-13-9-23-47(56)51-32-37-73-41-60(51)81/h1-42H. The van der Waals surface area contributed by atoms with Gasteiger partial charge in [-0.25, -0.2) is 15.0 Å². The summed E-state index contributed by atoms with van der Waals surface area (Å²) in [5.74, 6) is 1.44. The summed E-state index contributed by atoms with van der Waals surface area (Å²) in [6.07, 6.45) is 17.3. The molecule has 0 fully saturated rings. The van der Waals surface area contributed by atoms with Gasteiger partial charge < -0.3 is 18.3 Å². The molecule has 0 aliphatic heterocycles. The van der Waals surface area contributed by atoms with Crippen molar-refractivity contribution in [3.05, 3.63) is 256 Å². The third kappa shape index (κ3) is 6.66. The molecule has 12 nitrogen and oxygen atoms in total. The Labute approximate surface area is 467 Å². The van der Waals surface area contributed by atoms with Crippen molar-refractivity contribution < 1.29 is 0 Å². The summed E-state index contributed by atoms with van der Waals surface area (Å²) in [4.78, 5) is 42.2. The molecule has 17 rings (SSSR count). The number of para-hydroxylation sites is 4. The Balaban J connectivity index is 1.26. The van der Waals surface area contributed by atoms with Gasteiger partial charge in [-0.2, -0.15) is 0 Å². The second-order valence-corrected chi connectivity index (χ2v) is 20.4. The van der Waals surface area contributed by atoms with Crippen molar-refractivity contribution in [2.24, 2.45) is 0 Å². The highest BCUT2D eigenvalue weighted by Crippen LogP contribution is 2.54. The third-order valence-corrected chi connectivity index (χ3v) is 16.0. The molecule has 0 radical (unpaired) electrons. The molecule has 382 valence electrons. The van der Waals surface area contributed by atoms with Crippen molar-refractivity contribution in [1.82, 2.24) is 58.1 Å². The van der Waals surface area contributed by atoms with Crippen LogP contribution in [-0.4, -0.2) is 58.1 Å². The van der Waals surface area contributed by atoms with Gasteiger partial charge in [0.2, 0.25) is 0 Å². The van der Waals surface area contributed by atoms with Crippen LogP contribution in [-0.2, 0) is 0 Å². The third-order valence-electron chi connectivity index (χ3n) is 16.0. The van der Waals surface area contributed by atoms with E-state index in [-0.39, 0.29) is 0 Å². The van der Waals surface area contributed by atoms with Crippen LogP contribution in [0.3, 0.4) is 0 Å². The maximum absolute atomic E-state index is 5.80. The highest BCUT2D eigenvalue weighted by molar-refractivity contribution is 6.18. The van der Waals surface area contributed by atoms with Gasteiger partial charge in [0.1, 0.15) is 0 Å². The van der Waals surface area contributed by atoms with Gasteiger partial charge in [-0.1, -0.05) is 140 Å². The van der Waals surface area contributed by atoms with E-state index in [9.17, 15) is 0 Å². The van der Waals surface area contributed by atoms with Crippen molar-refractivity contribution in [3.63, 3.8) is 0 Å². The monoisotopic (exact) mass is 1050 g/mol. The Morgan fingerprint density at radius 3 is 0.963 bits per heavy atom. The normalized spacial score (nSPS) is 11.9. The Morgan fingerprint density at radius 1 is 0.232 bits per heavy atom. The molecule has 0 aliphatic rings. The van der Waals surface area contributed by atoms with Crippen molar-refractivity contribution in [3.8, 4) is 68.2 Å². The fourth-order valence-electron chi connectivity index (χ4n) is 12.7. The first kappa shape index (κ1) is 45.5. The molecule has 7 aromatic carbocycles. The lowest BCUT2D eigenvalue weighted by molar-refractivity contribution is 1.01. The topological polar surface area (TPSA) is 123 Å². The fourth-order valence-corrected chi connectivity index (χ4v) is 12.7. The largest absolute Gasteiger partial charge is 0.306 e. The van der Waals surface area contributed by atoms with E-state index in [0.717, 1.165) is 127 Å². The summed E-state index contributed by atoms with van der Waals surface area (Å²) in [5, 5.41) is 8.34. The lowest BCUT2D eigenvalue weighted by atomic mass is 9.94. The van der Waals surface area contributed by atoms with Crippen molar-refractivity contribution >= 4 is 87.2 Å². The van der Waals surface area contributed by atoms with Crippen LogP contribution in [0.15, 0.2) is 256 Å². The second-order valence-electron chi connectivity index (χ2n) is 20.4. The number of benzene rings is 7. The van der Waals surface area contributed by atoms with Crippen LogP contribution in [0.2, 0.25) is 0 Å². The summed E-state index contributed by atoms with van der Waals surface area (Å²) < 4.78 is 9.57. The number of aromatic nitrogens is 12. The SMILES string of the molecule is c1ccc(-c2nc(-c3ccccc3)nc(-c3c(-n4c5ccccc5c5ccncc54)c(-c4ccccn4)c(-n4c5ccccc5c5ccncc54)c(-n4c5ccccc5c5ccncc54)c3-n3c4ccccc4c4ccncc43)n2)cc1. The van der Waals surface area contributed by atoms with Crippen LogP contribution in [0.4, 0.5) is 0 Å². The van der Waals surface area contributed by atoms with Crippen LogP contribution in [0.1, 0.15) is 0 Å². The molecule has 12 heteroatoms.